The largest absolute Gasteiger partial charge is 0.493 e. The molecule has 0 fully saturated rings. The van der Waals surface area contributed by atoms with Gasteiger partial charge in [-0.15, -0.1) is 0 Å². The van der Waals surface area contributed by atoms with E-state index in [0.29, 0.717) is 6.54 Å². The second kappa shape index (κ2) is 5.83. The lowest BCUT2D eigenvalue weighted by Gasteiger charge is -2.01. The Hall–Kier alpha value is -2.56. The summed E-state index contributed by atoms with van der Waals surface area (Å²) < 4.78 is 5.46. The number of nitrogens with one attached hydrogen (secondary N) is 2. The number of H-pyrrole nitrogens is 1. The zero-order valence-corrected chi connectivity index (χ0v) is 11.8. The van der Waals surface area contributed by atoms with Crippen molar-refractivity contribution in [2.24, 2.45) is 0 Å². The molecule has 0 saturated carbocycles. The molecule has 2 heterocycles. The molecule has 0 radical (unpaired) electrons. The van der Waals surface area contributed by atoms with Gasteiger partial charge in [0.1, 0.15) is 5.75 Å². The van der Waals surface area contributed by atoms with E-state index in [4.69, 9.17) is 4.74 Å². The van der Waals surface area contributed by atoms with Crippen LogP contribution in [0.15, 0.2) is 30.5 Å². The molecule has 1 aromatic carbocycles. The smallest absolute Gasteiger partial charge is 0.244 e. The number of carbonyl (C=O) groups excluding carboxylic acids is 1. The normalized spacial score (nSPS) is 13.2. The maximum absolute atomic E-state index is 11.8. The highest BCUT2D eigenvalue weighted by atomic mass is 16.5. The predicted molar refractivity (Wildman–Crippen MR) is 79.8 cm³/mol. The number of rotatable bonds is 4. The summed E-state index contributed by atoms with van der Waals surface area (Å²) in [4.78, 5) is 11.8. The van der Waals surface area contributed by atoms with Gasteiger partial charge in [0.2, 0.25) is 5.91 Å². The van der Waals surface area contributed by atoms with E-state index in [1.807, 2.05) is 25.1 Å². The fourth-order valence-electron chi connectivity index (χ4n) is 2.28. The Bertz CT molecular complexity index is 689. The van der Waals surface area contributed by atoms with Crippen LogP contribution < -0.4 is 10.1 Å². The second-order valence-corrected chi connectivity index (χ2v) is 5.04. The summed E-state index contributed by atoms with van der Waals surface area (Å²) in [5.41, 5.74) is 4.17. The molecule has 0 saturated heterocycles. The lowest BCUT2D eigenvalue weighted by Crippen LogP contribution is -2.20. The van der Waals surface area contributed by atoms with E-state index in [-0.39, 0.29) is 5.91 Å². The van der Waals surface area contributed by atoms with Gasteiger partial charge in [-0.2, -0.15) is 5.10 Å². The van der Waals surface area contributed by atoms with Crippen LogP contribution in [0.4, 0.5) is 0 Å². The molecular formula is C16H17N3O2. The molecule has 21 heavy (non-hydrogen) atoms. The molecule has 1 amide bonds. The molecule has 1 aromatic heterocycles. The van der Waals surface area contributed by atoms with Crippen molar-refractivity contribution in [3.63, 3.8) is 0 Å². The minimum atomic E-state index is -0.118. The molecule has 0 atom stereocenters. The quantitative estimate of drug-likeness (QED) is 0.843. The average molecular weight is 283 g/mol. The standard InChI is InChI=1S/C16H17N3O2/c1-11-14(10-18-19-11)9-17-16(20)5-3-12-2-4-15-13(8-12)6-7-21-15/h2-5,8,10H,6-7,9H2,1H3,(H,17,20)(H,18,19)/b5-3+. The second-order valence-electron chi connectivity index (χ2n) is 5.04. The van der Waals surface area contributed by atoms with Crippen LogP contribution in [0.2, 0.25) is 0 Å². The predicted octanol–water partition coefficient (Wildman–Crippen LogP) is 1.98. The number of nitrogens with zero attached hydrogens (tertiary/aromatic N) is 1. The maximum Gasteiger partial charge on any atom is 0.244 e. The Balaban J connectivity index is 1.58. The third-order valence-electron chi connectivity index (χ3n) is 3.53. The first-order valence-corrected chi connectivity index (χ1v) is 6.93. The van der Waals surface area contributed by atoms with Crippen LogP contribution in [0.1, 0.15) is 22.4 Å². The summed E-state index contributed by atoms with van der Waals surface area (Å²) >= 11 is 0. The lowest BCUT2D eigenvalue weighted by molar-refractivity contribution is -0.116. The van der Waals surface area contributed by atoms with Crippen molar-refractivity contribution in [3.8, 4) is 5.75 Å². The first-order chi connectivity index (χ1) is 10.2. The summed E-state index contributed by atoms with van der Waals surface area (Å²) in [7, 11) is 0. The Labute approximate surface area is 123 Å². The fraction of sp³-hybridized carbons (Fsp3) is 0.250. The fourth-order valence-corrected chi connectivity index (χ4v) is 2.28. The van der Waals surface area contributed by atoms with E-state index in [2.05, 4.69) is 21.6 Å². The number of benzene rings is 1. The molecule has 0 aliphatic carbocycles. The van der Waals surface area contributed by atoms with Gasteiger partial charge < -0.3 is 10.1 Å². The van der Waals surface area contributed by atoms with Crippen LogP contribution in [-0.2, 0) is 17.8 Å². The first-order valence-electron chi connectivity index (χ1n) is 6.93. The van der Waals surface area contributed by atoms with Crippen molar-refractivity contribution in [1.29, 1.82) is 0 Å². The van der Waals surface area contributed by atoms with Crippen molar-refractivity contribution in [2.75, 3.05) is 6.61 Å². The number of hydrogen-bond donors (Lipinski definition) is 2. The number of aromatic amines is 1. The van der Waals surface area contributed by atoms with E-state index in [1.165, 1.54) is 5.56 Å². The molecular weight excluding hydrogens is 266 g/mol. The zero-order chi connectivity index (χ0) is 14.7. The van der Waals surface area contributed by atoms with Crippen molar-refractivity contribution in [3.05, 3.63) is 52.9 Å². The molecule has 0 spiro atoms. The molecule has 1 aliphatic heterocycles. The maximum atomic E-state index is 11.8. The van der Waals surface area contributed by atoms with Gasteiger partial charge in [-0.3, -0.25) is 9.89 Å². The van der Waals surface area contributed by atoms with Crippen LogP contribution in [0, 0.1) is 6.92 Å². The van der Waals surface area contributed by atoms with E-state index in [0.717, 1.165) is 35.6 Å². The highest BCUT2D eigenvalue weighted by molar-refractivity contribution is 5.91. The molecule has 3 rings (SSSR count). The number of aryl methyl sites for hydroxylation is 1. The molecule has 108 valence electrons. The van der Waals surface area contributed by atoms with Gasteiger partial charge in [0.05, 0.1) is 12.8 Å². The molecule has 2 N–H and O–H groups in total. The Kier molecular flexibility index (Phi) is 3.73. The van der Waals surface area contributed by atoms with Crippen molar-refractivity contribution < 1.29 is 9.53 Å². The third-order valence-corrected chi connectivity index (χ3v) is 3.53. The number of aromatic nitrogens is 2. The highest BCUT2D eigenvalue weighted by Crippen LogP contribution is 2.26. The molecule has 5 heteroatoms. The molecule has 0 bridgehead atoms. The third kappa shape index (κ3) is 3.13. The summed E-state index contributed by atoms with van der Waals surface area (Å²) in [6.07, 6.45) is 6.02. The van der Waals surface area contributed by atoms with Gasteiger partial charge in [-0.1, -0.05) is 6.07 Å². The molecule has 5 nitrogen and oxygen atoms in total. The summed E-state index contributed by atoms with van der Waals surface area (Å²) in [5, 5.41) is 9.60. The molecule has 0 unspecified atom stereocenters. The number of amides is 1. The van der Waals surface area contributed by atoms with E-state index in [9.17, 15) is 4.79 Å². The number of carbonyl (C=O) groups is 1. The van der Waals surface area contributed by atoms with E-state index in [1.54, 1.807) is 12.3 Å². The van der Waals surface area contributed by atoms with Crippen LogP contribution in [0.5, 0.6) is 5.75 Å². The summed E-state index contributed by atoms with van der Waals surface area (Å²) in [6.45, 7) is 3.15. The van der Waals surface area contributed by atoms with Crippen molar-refractivity contribution in [2.45, 2.75) is 19.9 Å². The lowest BCUT2D eigenvalue weighted by atomic mass is 10.1. The average Bonchev–Trinajstić information content (AvgIpc) is 3.11. The SMILES string of the molecule is Cc1[nH]ncc1CNC(=O)/C=C/c1ccc2c(c1)CCO2. The van der Waals surface area contributed by atoms with Gasteiger partial charge in [-0.25, -0.2) is 0 Å². The summed E-state index contributed by atoms with van der Waals surface area (Å²) in [6, 6.07) is 5.97. The topological polar surface area (TPSA) is 67.0 Å². The Morgan fingerprint density at radius 3 is 3.24 bits per heavy atom. The van der Waals surface area contributed by atoms with Crippen LogP contribution in [-0.4, -0.2) is 22.7 Å². The highest BCUT2D eigenvalue weighted by Gasteiger charge is 2.11. The van der Waals surface area contributed by atoms with Gasteiger partial charge >= 0.3 is 0 Å². The van der Waals surface area contributed by atoms with Gasteiger partial charge in [0.15, 0.2) is 0 Å². The monoisotopic (exact) mass is 283 g/mol. The Morgan fingerprint density at radius 1 is 1.52 bits per heavy atom. The van der Waals surface area contributed by atoms with Crippen LogP contribution in [0.25, 0.3) is 6.08 Å². The van der Waals surface area contributed by atoms with Crippen LogP contribution in [0.3, 0.4) is 0 Å². The Morgan fingerprint density at radius 2 is 2.43 bits per heavy atom. The van der Waals surface area contributed by atoms with Gasteiger partial charge in [-0.05, 0) is 36.3 Å². The van der Waals surface area contributed by atoms with E-state index < -0.39 is 0 Å². The van der Waals surface area contributed by atoms with Crippen molar-refractivity contribution in [1.82, 2.24) is 15.5 Å². The number of ether oxygens (including phenoxy) is 1. The zero-order valence-electron chi connectivity index (χ0n) is 11.8. The molecule has 2 aromatic rings. The number of fused-ring (bicyclic) bond motifs is 1. The van der Waals surface area contributed by atoms with Crippen LogP contribution >= 0.6 is 0 Å². The minimum Gasteiger partial charge on any atom is -0.493 e. The van der Waals surface area contributed by atoms with Crippen molar-refractivity contribution >= 4 is 12.0 Å². The van der Waals surface area contributed by atoms with Gasteiger partial charge in [0.25, 0.3) is 0 Å². The van der Waals surface area contributed by atoms with Gasteiger partial charge in [0, 0.05) is 30.3 Å². The minimum absolute atomic E-state index is 0.118. The molecule has 1 aliphatic rings. The number of hydrogen-bond acceptors (Lipinski definition) is 3. The summed E-state index contributed by atoms with van der Waals surface area (Å²) in [5.74, 6) is 0.833. The first kappa shape index (κ1) is 13.4. The van der Waals surface area contributed by atoms with E-state index >= 15 is 0 Å².